The third-order valence-corrected chi connectivity index (χ3v) is 5.42. The number of likely N-dealkylation sites (N-methyl/N-ethyl adjacent to an activating group) is 1. The van der Waals surface area contributed by atoms with Gasteiger partial charge in [-0.25, -0.2) is 0 Å². The van der Waals surface area contributed by atoms with Gasteiger partial charge in [0.1, 0.15) is 6.54 Å². The van der Waals surface area contributed by atoms with Crippen LogP contribution in [-0.2, 0) is 11.3 Å². The van der Waals surface area contributed by atoms with Gasteiger partial charge in [0.05, 0.1) is 4.88 Å². The van der Waals surface area contributed by atoms with Gasteiger partial charge in [0, 0.05) is 12.6 Å². The van der Waals surface area contributed by atoms with E-state index in [0.29, 0.717) is 17.4 Å². The number of rotatable bonds is 6. The van der Waals surface area contributed by atoms with E-state index in [-0.39, 0.29) is 12.5 Å². The zero-order chi connectivity index (χ0) is 16.2. The highest BCUT2D eigenvalue weighted by Gasteiger charge is 2.23. The maximum atomic E-state index is 12.3. The second-order valence-electron chi connectivity index (χ2n) is 5.64. The molecule has 0 spiro atoms. The maximum absolute atomic E-state index is 12.3. The van der Waals surface area contributed by atoms with Crippen molar-refractivity contribution in [1.29, 1.82) is 0 Å². The first-order valence-corrected chi connectivity index (χ1v) is 9.17. The quantitative estimate of drug-likeness (QED) is 0.784. The number of likely N-dealkylation sites (tertiary alicyclic amines) is 1. The highest BCUT2D eigenvalue weighted by atomic mass is 32.1. The Morgan fingerprint density at radius 2 is 2.48 bits per heavy atom. The summed E-state index contributed by atoms with van der Waals surface area (Å²) in [5.74, 6) is 0.694. The molecule has 0 aliphatic carbocycles. The third-order valence-electron chi connectivity index (χ3n) is 4.24. The van der Waals surface area contributed by atoms with Gasteiger partial charge < -0.3 is 5.32 Å². The minimum absolute atomic E-state index is 0.0248. The van der Waals surface area contributed by atoms with Crippen LogP contribution in [0.4, 0.5) is 0 Å². The minimum atomic E-state index is -0.0248. The Kier molecular flexibility index (Phi) is 5.24. The molecule has 6 nitrogen and oxygen atoms in total. The summed E-state index contributed by atoms with van der Waals surface area (Å²) in [5, 5.41) is 12.0. The fourth-order valence-electron chi connectivity index (χ4n) is 3.03. The molecule has 1 fully saturated rings. The molecule has 1 aliphatic heterocycles. The van der Waals surface area contributed by atoms with Gasteiger partial charge in [0.25, 0.3) is 0 Å². The van der Waals surface area contributed by atoms with Crippen LogP contribution in [0.5, 0.6) is 0 Å². The van der Waals surface area contributed by atoms with E-state index in [2.05, 4.69) is 27.3 Å². The van der Waals surface area contributed by atoms with Crippen LogP contribution in [0.3, 0.4) is 0 Å². The Labute approximate surface area is 144 Å². The molecule has 0 saturated carbocycles. The van der Waals surface area contributed by atoms with Crippen molar-refractivity contribution in [2.24, 2.45) is 0 Å². The lowest BCUT2D eigenvalue weighted by Crippen LogP contribution is -2.41. The van der Waals surface area contributed by atoms with Crippen molar-refractivity contribution in [1.82, 2.24) is 25.0 Å². The molecule has 8 heteroatoms. The van der Waals surface area contributed by atoms with Crippen LogP contribution < -0.4 is 5.32 Å². The van der Waals surface area contributed by atoms with Gasteiger partial charge in [0.15, 0.2) is 10.6 Å². The molecule has 124 valence electrons. The van der Waals surface area contributed by atoms with Gasteiger partial charge in [0.2, 0.25) is 5.91 Å². The van der Waals surface area contributed by atoms with Crippen molar-refractivity contribution >= 4 is 29.5 Å². The summed E-state index contributed by atoms with van der Waals surface area (Å²) in [4.78, 5) is 15.7. The van der Waals surface area contributed by atoms with E-state index in [0.717, 1.165) is 30.2 Å². The second kappa shape index (κ2) is 7.37. The normalized spacial score (nSPS) is 18.4. The molecule has 1 saturated heterocycles. The highest BCUT2D eigenvalue weighted by Crippen LogP contribution is 2.22. The monoisotopic (exact) mass is 351 g/mol. The Hall–Kier alpha value is -1.51. The van der Waals surface area contributed by atoms with Crippen molar-refractivity contribution in [3.05, 3.63) is 22.3 Å². The molecule has 1 amide bonds. The Bertz CT molecular complexity index is 706. The second-order valence-corrected chi connectivity index (χ2v) is 6.98. The molecule has 2 N–H and O–H groups in total. The number of hydrogen-bond acceptors (Lipinski definition) is 5. The average Bonchev–Trinajstić information content (AvgIpc) is 3.27. The predicted molar refractivity (Wildman–Crippen MR) is 94.0 cm³/mol. The number of aromatic amines is 1. The number of nitrogens with zero attached hydrogens (tertiary/aromatic N) is 3. The molecule has 23 heavy (non-hydrogen) atoms. The summed E-state index contributed by atoms with van der Waals surface area (Å²) < 4.78 is 2.22. The lowest BCUT2D eigenvalue weighted by atomic mass is 10.2. The van der Waals surface area contributed by atoms with Crippen molar-refractivity contribution in [2.75, 3.05) is 19.6 Å². The summed E-state index contributed by atoms with van der Waals surface area (Å²) in [5.41, 5.74) is 0. The molecule has 3 heterocycles. The molecular formula is C15H21N5OS2. The van der Waals surface area contributed by atoms with Gasteiger partial charge in [-0.2, -0.15) is 5.10 Å². The molecule has 0 radical (unpaired) electrons. The maximum Gasteiger partial charge on any atom is 0.240 e. The number of hydrogen-bond donors (Lipinski definition) is 2. The fourth-order valence-corrected chi connectivity index (χ4v) is 3.95. The lowest BCUT2D eigenvalue weighted by molar-refractivity contribution is -0.121. The van der Waals surface area contributed by atoms with Crippen LogP contribution >= 0.6 is 23.6 Å². The van der Waals surface area contributed by atoms with E-state index in [9.17, 15) is 4.79 Å². The Balaban J connectivity index is 1.62. The minimum Gasteiger partial charge on any atom is -0.353 e. The van der Waals surface area contributed by atoms with E-state index >= 15 is 0 Å². The van der Waals surface area contributed by atoms with Crippen LogP contribution in [0.2, 0.25) is 0 Å². The van der Waals surface area contributed by atoms with Gasteiger partial charge >= 0.3 is 0 Å². The van der Waals surface area contributed by atoms with Crippen LogP contribution in [0.1, 0.15) is 19.8 Å². The van der Waals surface area contributed by atoms with E-state index in [1.807, 2.05) is 17.5 Å². The van der Waals surface area contributed by atoms with Gasteiger partial charge in [-0.05, 0) is 49.6 Å². The summed E-state index contributed by atoms with van der Waals surface area (Å²) in [7, 11) is 0. The topological polar surface area (TPSA) is 66.0 Å². The Morgan fingerprint density at radius 1 is 1.61 bits per heavy atom. The first kappa shape index (κ1) is 16.4. The molecule has 1 atom stereocenters. The number of carbonyl (C=O) groups excluding carboxylic acids is 1. The largest absolute Gasteiger partial charge is 0.353 e. The molecule has 1 unspecified atom stereocenters. The molecule has 2 aromatic rings. The van der Waals surface area contributed by atoms with E-state index in [1.165, 1.54) is 6.42 Å². The summed E-state index contributed by atoms with van der Waals surface area (Å²) in [6, 6.07) is 4.39. The number of thiophene rings is 1. The summed E-state index contributed by atoms with van der Waals surface area (Å²) in [6.45, 7) is 5.23. The standard InChI is InChI=1S/C15H21N5OS2/c1-2-19-7-3-5-11(19)9-16-13(21)10-20-14(17-18-15(20)22)12-6-4-8-23-12/h4,6,8,11H,2-3,5,7,9-10H2,1H3,(H,16,21)(H,18,22). The molecular weight excluding hydrogens is 330 g/mol. The molecule has 0 bridgehead atoms. The number of nitrogens with one attached hydrogen (secondary N) is 2. The smallest absolute Gasteiger partial charge is 0.240 e. The predicted octanol–water partition coefficient (Wildman–Crippen LogP) is 2.27. The van der Waals surface area contributed by atoms with Crippen LogP contribution in [0.15, 0.2) is 17.5 Å². The number of carbonyl (C=O) groups is 1. The van der Waals surface area contributed by atoms with Crippen molar-refractivity contribution in [3.63, 3.8) is 0 Å². The van der Waals surface area contributed by atoms with E-state index in [1.54, 1.807) is 15.9 Å². The zero-order valence-corrected chi connectivity index (χ0v) is 14.8. The summed E-state index contributed by atoms with van der Waals surface area (Å²) >= 11 is 6.84. The molecule has 2 aromatic heterocycles. The van der Waals surface area contributed by atoms with Gasteiger partial charge in [-0.3, -0.25) is 19.4 Å². The van der Waals surface area contributed by atoms with E-state index < -0.39 is 0 Å². The number of amides is 1. The molecule has 1 aliphatic rings. The highest BCUT2D eigenvalue weighted by molar-refractivity contribution is 7.71. The Morgan fingerprint density at radius 3 is 3.22 bits per heavy atom. The third kappa shape index (κ3) is 3.70. The zero-order valence-electron chi connectivity index (χ0n) is 13.1. The molecule has 0 aromatic carbocycles. The first-order chi connectivity index (χ1) is 11.2. The van der Waals surface area contributed by atoms with Crippen LogP contribution in [0.25, 0.3) is 10.7 Å². The lowest BCUT2D eigenvalue weighted by Gasteiger charge is -2.22. The number of aromatic nitrogens is 3. The van der Waals surface area contributed by atoms with Gasteiger partial charge in [-0.15, -0.1) is 11.3 Å². The van der Waals surface area contributed by atoms with Crippen molar-refractivity contribution in [2.45, 2.75) is 32.4 Å². The van der Waals surface area contributed by atoms with Crippen molar-refractivity contribution < 1.29 is 4.79 Å². The van der Waals surface area contributed by atoms with Gasteiger partial charge in [-0.1, -0.05) is 13.0 Å². The van der Waals surface area contributed by atoms with E-state index in [4.69, 9.17) is 12.2 Å². The van der Waals surface area contributed by atoms with Crippen LogP contribution in [0, 0.1) is 4.77 Å². The average molecular weight is 352 g/mol. The SMILES string of the molecule is CCN1CCCC1CNC(=O)Cn1c(-c2cccs2)n[nH]c1=S. The molecule has 3 rings (SSSR count). The number of H-pyrrole nitrogens is 1. The first-order valence-electron chi connectivity index (χ1n) is 7.89. The van der Waals surface area contributed by atoms with Crippen LogP contribution in [-0.4, -0.2) is 51.2 Å². The fraction of sp³-hybridized carbons (Fsp3) is 0.533. The van der Waals surface area contributed by atoms with Crippen molar-refractivity contribution in [3.8, 4) is 10.7 Å². The summed E-state index contributed by atoms with van der Waals surface area (Å²) in [6.07, 6.45) is 2.36.